The number of hydrogen-bond donors (Lipinski definition) is 0. The number of ether oxygens (including phenoxy) is 1. The number of benzene rings is 1. The standard InChI is InChI=1S/C16H23NO3S/c1-4-17(10-14-8-6-5-7-9-14)15(18)12-21-11-13(2)16(19)20-3/h5-9,13H,4,10-12H2,1-3H3. The molecule has 0 saturated heterocycles. The Labute approximate surface area is 130 Å². The molecule has 0 fully saturated rings. The predicted octanol–water partition coefficient (Wildman–Crippen LogP) is 2.58. The normalized spacial score (nSPS) is 11.8. The fraction of sp³-hybridized carbons (Fsp3) is 0.500. The van der Waals surface area contributed by atoms with Gasteiger partial charge < -0.3 is 9.64 Å². The minimum atomic E-state index is -0.230. The average molecular weight is 309 g/mol. The molecule has 116 valence electrons. The van der Waals surface area contributed by atoms with Crippen LogP contribution in [0.2, 0.25) is 0 Å². The van der Waals surface area contributed by atoms with Gasteiger partial charge >= 0.3 is 5.97 Å². The summed E-state index contributed by atoms with van der Waals surface area (Å²) in [4.78, 5) is 25.3. The zero-order valence-corrected chi connectivity index (χ0v) is 13.7. The third kappa shape index (κ3) is 6.21. The summed E-state index contributed by atoms with van der Waals surface area (Å²) < 4.78 is 4.67. The fourth-order valence-electron chi connectivity index (χ4n) is 1.86. The van der Waals surface area contributed by atoms with Gasteiger partial charge in [0.2, 0.25) is 5.91 Å². The number of amides is 1. The van der Waals surface area contributed by atoms with Crippen LogP contribution in [-0.2, 0) is 20.9 Å². The van der Waals surface area contributed by atoms with Crippen molar-refractivity contribution in [1.82, 2.24) is 4.90 Å². The van der Waals surface area contributed by atoms with E-state index in [1.165, 1.54) is 18.9 Å². The van der Waals surface area contributed by atoms with Crippen molar-refractivity contribution < 1.29 is 14.3 Å². The molecule has 0 heterocycles. The highest BCUT2D eigenvalue weighted by atomic mass is 32.2. The van der Waals surface area contributed by atoms with Crippen LogP contribution in [0, 0.1) is 5.92 Å². The van der Waals surface area contributed by atoms with Gasteiger partial charge in [0, 0.05) is 18.8 Å². The highest BCUT2D eigenvalue weighted by molar-refractivity contribution is 7.99. The Balaban J connectivity index is 2.40. The summed E-state index contributed by atoms with van der Waals surface area (Å²) in [5.41, 5.74) is 1.13. The molecule has 1 amide bonds. The van der Waals surface area contributed by atoms with E-state index in [2.05, 4.69) is 4.74 Å². The Morgan fingerprint density at radius 1 is 1.29 bits per heavy atom. The van der Waals surface area contributed by atoms with Crippen molar-refractivity contribution in [3.63, 3.8) is 0 Å². The molecule has 1 atom stereocenters. The first-order valence-corrected chi connectivity index (χ1v) is 8.21. The van der Waals surface area contributed by atoms with Gasteiger partial charge in [0.05, 0.1) is 18.8 Å². The molecule has 1 aromatic rings. The highest BCUT2D eigenvalue weighted by Gasteiger charge is 2.16. The maximum absolute atomic E-state index is 12.2. The molecule has 1 rings (SSSR count). The van der Waals surface area contributed by atoms with Gasteiger partial charge in [0.25, 0.3) is 0 Å². The number of esters is 1. The van der Waals surface area contributed by atoms with Crippen LogP contribution in [0.15, 0.2) is 30.3 Å². The van der Waals surface area contributed by atoms with Gasteiger partial charge in [-0.15, -0.1) is 0 Å². The van der Waals surface area contributed by atoms with Crippen LogP contribution >= 0.6 is 11.8 Å². The van der Waals surface area contributed by atoms with E-state index in [0.717, 1.165) is 5.56 Å². The van der Waals surface area contributed by atoms with Gasteiger partial charge in [-0.1, -0.05) is 37.3 Å². The molecular formula is C16H23NO3S. The second-order valence-corrected chi connectivity index (χ2v) is 5.86. The molecule has 0 aromatic heterocycles. The summed E-state index contributed by atoms with van der Waals surface area (Å²) in [5, 5.41) is 0. The molecule has 1 unspecified atom stereocenters. The van der Waals surface area contributed by atoms with Crippen molar-refractivity contribution in [1.29, 1.82) is 0 Å². The molecule has 0 bridgehead atoms. The molecule has 5 heteroatoms. The Morgan fingerprint density at radius 3 is 2.52 bits per heavy atom. The van der Waals surface area contributed by atoms with E-state index in [1.54, 1.807) is 0 Å². The lowest BCUT2D eigenvalue weighted by atomic mass is 10.2. The van der Waals surface area contributed by atoms with E-state index in [1.807, 2.05) is 49.1 Å². The lowest BCUT2D eigenvalue weighted by Crippen LogP contribution is -2.32. The van der Waals surface area contributed by atoms with Gasteiger partial charge in [0.15, 0.2) is 0 Å². The number of carbonyl (C=O) groups excluding carboxylic acids is 2. The van der Waals surface area contributed by atoms with Gasteiger partial charge in [-0.2, -0.15) is 11.8 Å². The van der Waals surface area contributed by atoms with E-state index in [9.17, 15) is 9.59 Å². The quantitative estimate of drug-likeness (QED) is 0.693. The van der Waals surface area contributed by atoms with Crippen LogP contribution in [0.1, 0.15) is 19.4 Å². The van der Waals surface area contributed by atoms with E-state index in [-0.39, 0.29) is 17.8 Å². The second-order valence-electron chi connectivity index (χ2n) is 4.83. The van der Waals surface area contributed by atoms with Crippen molar-refractivity contribution in [3.05, 3.63) is 35.9 Å². The first-order valence-electron chi connectivity index (χ1n) is 7.05. The summed E-state index contributed by atoms with van der Waals surface area (Å²) >= 11 is 1.48. The summed E-state index contributed by atoms with van der Waals surface area (Å²) in [7, 11) is 1.38. The average Bonchev–Trinajstić information content (AvgIpc) is 2.52. The number of carbonyl (C=O) groups is 2. The lowest BCUT2D eigenvalue weighted by molar-refractivity contribution is -0.144. The monoisotopic (exact) mass is 309 g/mol. The van der Waals surface area contributed by atoms with E-state index in [4.69, 9.17) is 0 Å². The minimum absolute atomic E-state index is 0.100. The molecule has 0 radical (unpaired) electrons. The molecule has 0 aliphatic rings. The summed E-state index contributed by atoms with van der Waals surface area (Å²) in [6.07, 6.45) is 0. The van der Waals surface area contributed by atoms with Gasteiger partial charge in [-0.25, -0.2) is 0 Å². The zero-order chi connectivity index (χ0) is 15.7. The Kier molecular flexibility index (Phi) is 7.90. The third-order valence-corrected chi connectivity index (χ3v) is 4.33. The zero-order valence-electron chi connectivity index (χ0n) is 12.9. The van der Waals surface area contributed by atoms with Gasteiger partial charge in [-0.3, -0.25) is 9.59 Å². The Hall–Kier alpha value is -1.49. The van der Waals surface area contributed by atoms with Crippen molar-refractivity contribution in [2.24, 2.45) is 5.92 Å². The van der Waals surface area contributed by atoms with Crippen LogP contribution in [0.3, 0.4) is 0 Å². The Morgan fingerprint density at radius 2 is 1.95 bits per heavy atom. The SMILES string of the molecule is CCN(Cc1ccccc1)C(=O)CSCC(C)C(=O)OC. The predicted molar refractivity (Wildman–Crippen MR) is 86.0 cm³/mol. The van der Waals surface area contributed by atoms with Gasteiger partial charge in [-0.05, 0) is 12.5 Å². The Bertz CT molecular complexity index is 450. The molecule has 4 nitrogen and oxygen atoms in total. The van der Waals surface area contributed by atoms with Crippen LogP contribution < -0.4 is 0 Å². The number of nitrogens with zero attached hydrogens (tertiary/aromatic N) is 1. The van der Waals surface area contributed by atoms with E-state index >= 15 is 0 Å². The molecule has 0 aliphatic heterocycles. The lowest BCUT2D eigenvalue weighted by Gasteiger charge is -2.21. The number of methoxy groups -OCH3 is 1. The molecular weight excluding hydrogens is 286 g/mol. The van der Waals surface area contributed by atoms with Gasteiger partial charge in [0.1, 0.15) is 0 Å². The highest BCUT2D eigenvalue weighted by Crippen LogP contribution is 2.12. The van der Waals surface area contributed by atoms with Crippen molar-refractivity contribution in [2.75, 3.05) is 25.2 Å². The van der Waals surface area contributed by atoms with E-state index in [0.29, 0.717) is 24.6 Å². The van der Waals surface area contributed by atoms with Crippen LogP contribution in [0.4, 0.5) is 0 Å². The molecule has 0 aliphatic carbocycles. The summed E-state index contributed by atoms with van der Waals surface area (Å²) in [6.45, 7) is 5.09. The van der Waals surface area contributed by atoms with Crippen LogP contribution in [0.5, 0.6) is 0 Å². The number of thioether (sulfide) groups is 1. The minimum Gasteiger partial charge on any atom is -0.469 e. The smallest absolute Gasteiger partial charge is 0.309 e. The largest absolute Gasteiger partial charge is 0.469 e. The van der Waals surface area contributed by atoms with E-state index < -0.39 is 0 Å². The van der Waals surface area contributed by atoms with Crippen molar-refractivity contribution in [3.8, 4) is 0 Å². The maximum atomic E-state index is 12.2. The number of rotatable bonds is 8. The summed E-state index contributed by atoms with van der Waals surface area (Å²) in [5.74, 6) is 0.676. The second kappa shape index (κ2) is 9.45. The summed E-state index contributed by atoms with van der Waals surface area (Å²) in [6, 6.07) is 9.94. The molecule has 21 heavy (non-hydrogen) atoms. The van der Waals surface area contributed by atoms with Crippen LogP contribution in [-0.4, -0.2) is 41.9 Å². The third-order valence-electron chi connectivity index (χ3n) is 3.15. The van der Waals surface area contributed by atoms with Crippen molar-refractivity contribution in [2.45, 2.75) is 20.4 Å². The van der Waals surface area contributed by atoms with Crippen LogP contribution in [0.25, 0.3) is 0 Å². The molecule has 0 N–H and O–H groups in total. The maximum Gasteiger partial charge on any atom is 0.309 e. The first-order chi connectivity index (χ1) is 10.1. The topological polar surface area (TPSA) is 46.6 Å². The number of hydrogen-bond acceptors (Lipinski definition) is 4. The first kappa shape index (κ1) is 17.6. The molecule has 0 saturated carbocycles. The fourth-order valence-corrected chi connectivity index (χ4v) is 2.83. The molecule has 0 spiro atoms. The molecule has 1 aromatic carbocycles. The van der Waals surface area contributed by atoms with Crippen molar-refractivity contribution >= 4 is 23.6 Å².